The molecule has 0 saturated carbocycles. The highest BCUT2D eigenvalue weighted by Crippen LogP contribution is 2.35. The van der Waals surface area contributed by atoms with Crippen LogP contribution in [-0.4, -0.2) is 10.9 Å². The van der Waals surface area contributed by atoms with Crippen molar-refractivity contribution in [3.63, 3.8) is 0 Å². The van der Waals surface area contributed by atoms with Crippen molar-refractivity contribution in [1.29, 1.82) is 0 Å². The molecule has 1 heterocycles. The second-order valence-corrected chi connectivity index (χ2v) is 6.00. The zero-order chi connectivity index (χ0) is 14.1. The summed E-state index contributed by atoms with van der Waals surface area (Å²) >= 11 is 7.46. The van der Waals surface area contributed by atoms with Crippen molar-refractivity contribution >= 4 is 28.8 Å². The van der Waals surface area contributed by atoms with Crippen LogP contribution in [0.2, 0.25) is 5.02 Å². The standard InChI is InChI=1S/C14H12ClFN2OS/c15-11-5-9(16)2-1-8(11)6-17-14(19)10-3-4-12-13(10)20-7-18-12/h1-2,5,7,10H,3-4,6H2,(H,17,19). The van der Waals surface area contributed by atoms with E-state index in [0.29, 0.717) is 17.1 Å². The highest BCUT2D eigenvalue weighted by molar-refractivity contribution is 7.10. The average molecular weight is 311 g/mol. The van der Waals surface area contributed by atoms with Crippen LogP contribution in [0.1, 0.15) is 28.5 Å². The van der Waals surface area contributed by atoms with E-state index in [2.05, 4.69) is 10.3 Å². The molecular formula is C14H12ClFN2OS. The molecule has 0 fully saturated rings. The molecule has 6 heteroatoms. The number of nitrogens with one attached hydrogen (secondary N) is 1. The van der Waals surface area contributed by atoms with E-state index in [1.54, 1.807) is 11.6 Å². The first-order chi connectivity index (χ1) is 9.65. The SMILES string of the molecule is O=C(NCc1ccc(F)cc1Cl)C1CCc2ncsc21. The zero-order valence-corrected chi connectivity index (χ0v) is 12.1. The van der Waals surface area contributed by atoms with Gasteiger partial charge in [-0.05, 0) is 30.5 Å². The van der Waals surface area contributed by atoms with Gasteiger partial charge in [0.1, 0.15) is 5.82 Å². The summed E-state index contributed by atoms with van der Waals surface area (Å²) in [5.41, 5.74) is 3.53. The Morgan fingerprint density at radius 3 is 3.20 bits per heavy atom. The molecule has 1 aromatic heterocycles. The summed E-state index contributed by atoms with van der Waals surface area (Å²) in [5.74, 6) is -0.514. The van der Waals surface area contributed by atoms with E-state index < -0.39 is 0 Å². The number of hydrogen-bond donors (Lipinski definition) is 1. The minimum atomic E-state index is -0.379. The topological polar surface area (TPSA) is 42.0 Å². The molecule has 1 N–H and O–H groups in total. The van der Waals surface area contributed by atoms with Gasteiger partial charge in [0.2, 0.25) is 5.91 Å². The lowest BCUT2D eigenvalue weighted by Crippen LogP contribution is -2.27. The monoisotopic (exact) mass is 310 g/mol. The van der Waals surface area contributed by atoms with E-state index in [4.69, 9.17) is 11.6 Å². The molecule has 1 amide bonds. The van der Waals surface area contributed by atoms with Gasteiger partial charge in [0.15, 0.2) is 0 Å². The fraction of sp³-hybridized carbons (Fsp3) is 0.286. The number of rotatable bonds is 3. The zero-order valence-electron chi connectivity index (χ0n) is 10.5. The molecule has 0 saturated heterocycles. The number of fused-ring (bicyclic) bond motifs is 1. The molecule has 1 unspecified atom stereocenters. The molecule has 1 aliphatic carbocycles. The van der Waals surface area contributed by atoms with Crippen molar-refractivity contribution in [1.82, 2.24) is 10.3 Å². The predicted octanol–water partition coefficient (Wildman–Crippen LogP) is 3.28. The van der Waals surface area contributed by atoms with Gasteiger partial charge in [-0.25, -0.2) is 9.37 Å². The third-order valence-corrected chi connectivity index (χ3v) is 4.78. The number of carbonyl (C=O) groups excluding carboxylic acids is 1. The Morgan fingerprint density at radius 1 is 1.55 bits per heavy atom. The highest BCUT2D eigenvalue weighted by atomic mass is 35.5. The second kappa shape index (κ2) is 5.50. The fourth-order valence-corrected chi connectivity index (χ4v) is 3.59. The Bertz CT molecular complexity index is 658. The molecule has 0 spiro atoms. The average Bonchev–Trinajstić information content (AvgIpc) is 2.99. The van der Waals surface area contributed by atoms with E-state index in [-0.39, 0.29) is 17.6 Å². The van der Waals surface area contributed by atoms with E-state index >= 15 is 0 Å². The summed E-state index contributed by atoms with van der Waals surface area (Å²) in [5, 5.41) is 3.19. The van der Waals surface area contributed by atoms with E-state index in [9.17, 15) is 9.18 Å². The molecule has 20 heavy (non-hydrogen) atoms. The molecule has 1 aromatic carbocycles. The number of aromatic nitrogens is 1. The van der Waals surface area contributed by atoms with Crippen molar-refractivity contribution in [2.75, 3.05) is 0 Å². The lowest BCUT2D eigenvalue weighted by Gasteiger charge is -2.11. The Morgan fingerprint density at radius 2 is 2.40 bits per heavy atom. The lowest BCUT2D eigenvalue weighted by atomic mass is 10.1. The van der Waals surface area contributed by atoms with Crippen molar-refractivity contribution < 1.29 is 9.18 Å². The van der Waals surface area contributed by atoms with Crippen LogP contribution in [0, 0.1) is 5.82 Å². The minimum absolute atomic E-state index is 0.0200. The van der Waals surface area contributed by atoms with Gasteiger partial charge in [0, 0.05) is 16.4 Å². The van der Waals surface area contributed by atoms with Crippen LogP contribution < -0.4 is 5.32 Å². The van der Waals surface area contributed by atoms with Gasteiger partial charge in [-0.3, -0.25) is 4.79 Å². The van der Waals surface area contributed by atoms with Gasteiger partial charge in [0.25, 0.3) is 0 Å². The van der Waals surface area contributed by atoms with Crippen LogP contribution in [0.4, 0.5) is 4.39 Å². The molecule has 0 radical (unpaired) electrons. The maximum absolute atomic E-state index is 12.9. The Balaban J connectivity index is 1.66. The molecule has 104 valence electrons. The molecule has 2 aromatic rings. The number of thiazole rings is 1. The van der Waals surface area contributed by atoms with Crippen LogP contribution in [0.3, 0.4) is 0 Å². The molecule has 0 bridgehead atoms. The van der Waals surface area contributed by atoms with Crippen molar-refractivity contribution in [3.05, 3.63) is 50.7 Å². The normalized spacial score (nSPS) is 17.0. The maximum Gasteiger partial charge on any atom is 0.228 e. The smallest absolute Gasteiger partial charge is 0.228 e. The second-order valence-electron chi connectivity index (χ2n) is 4.71. The third-order valence-electron chi connectivity index (χ3n) is 3.44. The Labute approximate surface area is 124 Å². The van der Waals surface area contributed by atoms with E-state index in [0.717, 1.165) is 23.4 Å². The molecule has 0 aliphatic heterocycles. The van der Waals surface area contributed by atoms with E-state index in [1.165, 1.54) is 23.5 Å². The quantitative estimate of drug-likeness (QED) is 0.945. The number of benzene rings is 1. The van der Waals surface area contributed by atoms with Crippen LogP contribution in [0.15, 0.2) is 23.7 Å². The summed E-state index contributed by atoms with van der Waals surface area (Å²) in [6.07, 6.45) is 1.66. The van der Waals surface area contributed by atoms with Crippen molar-refractivity contribution in [2.24, 2.45) is 0 Å². The number of nitrogens with zero attached hydrogens (tertiary/aromatic N) is 1. The van der Waals surface area contributed by atoms with Gasteiger partial charge in [-0.2, -0.15) is 0 Å². The lowest BCUT2D eigenvalue weighted by molar-refractivity contribution is -0.122. The van der Waals surface area contributed by atoms with Gasteiger partial charge in [-0.15, -0.1) is 11.3 Å². The summed E-state index contributed by atoms with van der Waals surface area (Å²) < 4.78 is 12.9. The summed E-state index contributed by atoms with van der Waals surface area (Å²) in [6.45, 7) is 0.308. The number of amides is 1. The molecule has 1 aliphatic rings. The first kappa shape index (κ1) is 13.5. The van der Waals surface area contributed by atoms with Gasteiger partial charge < -0.3 is 5.32 Å². The summed E-state index contributed by atoms with van der Waals surface area (Å²) in [4.78, 5) is 17.5. The first-order valence-corrected chi connectivity index (χ1v) is 7.55. The largest absolute Gasteiger partial charge is 0.351 e. The third kappa shape index (κ3) is 2.55. The molecular weight excluding hydrogens is 299 g/mol. The minimum Gasteiger partial charge on any atom is -0.351 e. The summed E-state index contributed by atoms with van der Waals surface area (Å²) in [6, 6.07) is 4.18. The Kier molecular flexibility index (Phi) is 3.72. The van der Waals surface area contributed by atoms with E-state index in [1.807, 2.05) is 0 Å². The number of aryl methyl sites for hydroxylation is 1. The predicted molar refractivity (Wildman–Crippen MR) is 76.4 cm³/mol. The number of halogens is 2. The van der Waals surface area contributed by atoms with Crippen LogP contribution in [-0.2, 0) is 17.8 Å². The van der Waals surface area contributed by atoms with Gasteiger partial charge in [0.05, 0.1) is 17.1 Å². The fourth-order valence-electron chi connectivity index (χ4n) is 2.38. The van der Waals surface area contributed by atoms with Gasteiger partial charge >= 0.3 is 0 Å². The van der Waals surface area contributed by atoms with Crippen molar-refractivity contribution in [3.8, 4) is 0 Å². The van der Waals surface area contributed by atoms with Crippen molar-refractivity contribution in [2.45, 2.75) is 25.3 Å². The van der Waals surface area contributed by atoms with Crippen LogP contribution in [0.5, 0.6) is 0 Å². The van der Waals surface area contributed by atoms with Crippen LogP contribution >= 0.6 is 22.9 Å². The maximum atomic E-state index is 12.9. The van der Waals surface area contributed by atoms with Gasteiger partial charge in [-0.1, -0.05) is 17.7 Å². The first-order valence-electron chi connectivity index (χ1n) is 6.29. The summed E-state index contributed by atoms with van der Waals surface area (Å²) in [7, 11) is 0. The molecule has 1 atom stereocenters. The number of carbonyl (C=O) groups is 1. The Hall–Kier alpha value is -1.46. The number of hydrogen-bond acceptors (Lipinski definition) is 3. The molecule has 3 rings (SSSR count). The highest BCUT2D eigenvalue weighted by Gasteiger charge is 2.30. The molecule has 3 nitrogen and oxygen atoms in total. The van der Waals surface area contributed by atoms with Crippen LogP contribution in [0.25, 0.3) is 0 Å².